The number of Topliss-reactive ketones (excluding diaryl/α,β-unsaturated/α-hetero) is 1. The third-order valence-corrected chi connectivity index (χ3v) is 2.26. The Kier molecular flexibility index (Phi) is 1.39. The second-order valence-corrected chi connectivity index (χ2v) is 3.15. The minimum absolute atomic E-state index is 0.0175. The maximum absolute atomic E-state index is 11.0. The summed E-state index contributed by atoms with van der Waals surface area (Å²) < 4.78 is 0. The zero-order valence-electron chi connectivity index (χ0n) is 6.29. The van der Waals surface area contributed by atoms with Crippen LogP contribution in [0.4, 0.5) is 4.79 Å². The van der Waals surface area contributed by atoms with Gasteiger partial charge in [0.25, 0.3) is 5.91 Å². The van der Waals surface area contributed by atoms with Crippen LogP contribution in [0.5, 0.6) is 0 Å². The summed E-state index contributed by atoms with van der Waals surface area (Å²) in [4.78, 5) is 32.3. The molecule has 0 aromatic heterocycles. The smallest absolute Gasteiger partial charge is 0.322 e. The number of ketones is 1. The summed E-state index contributed by atoms with van der Waals surface area (Å²) in [7, 11) is 0. The van der Waals surface area contributed by atoms with Crippen molar-refractivity contribution in [3.8, 4) is 0 Å². The van der Waals surface area contributed by atoms with Gasteiger partial charge < -0.3 is 5.32 Å². The van der Waals surface area contributed by atoms with Crippen molar-refractivity contribution in [1.29, 1.82) is 0 Å². The van der Waals surface area contributed by atoms with Gasteiger partial charge in [-0.3, -0.25) is 14.9 Å². The second kappa shape index (κ2) is 2.30. The number of carbonyl (C=O) groups is 3. The van der Waals surface area contributed by atoms with E-state index in [0.29, 0.717) is 12.8 Å². The van der Waals surface area contributed by atoms with Crippen LogP contribution in [0.3, 0.4) is 0 Å². The highest BCUT2D eigenvalue weighted by atomic mass is 16.2. The van der Waals surface area contributed by atoms with Crippen LogP contribution in [0.25, 0.3) is 0 Å². The maximum Gasteiger partial charge on any atom is 0.322 e. The van der Waals surface area contributed by atoms with Gasteiger partial charge in [0, 0.05) is 18.8 Å². The largest absolute Gasteiger partial charge is 0.326 e. The number of nitrogens with one attached hydrogen (secondary N) is 2. The Labute approximate surface area is 68.5 Å². The highest BCUT2D eigenvalue weighted by molar-refractivity contribution is 6.05. The first kappa shape index (κ1) is 7.27. The van der Waals surface area contributed by atoms with Gasteiger partial charge in [0.1, 0.15) is 11.8 Å². The fraction of sp³-hybridized carbons (Fsp3) is 0.571. The summed E-state index contributed by atoms with van der Waals surface area (Å²) in [5, 5.41) is 4.60. The Morgan fingerprint density at radius 2 is 1.83 bits per heavy atom. The first-order chi connectivity index (χ1) is 5.66. The Bertz CT molecular complexity index is 266. The number of imide groups is 1. The predicted octanol–water partition coefficient (Wildman–Crippen LogP) is -0.827. The van der Waals surface area contributed by atoms with Crippen molar-refractivity contribution in [2.24, 2.45) is 5.92 Å². The molecule has 1 saturated carbocycles. The predicted molar refractivity (Wildman–Crippen MR) is 38.2 cm³/mol. The lowest BCUT2D eigenvalue weighted by Gasteiger charge is -2.27. The van der Waals surface area contributed by atoms with E-state index in [9.17, 15) is 14.4 Å². The molecule has 0 aromatic carbocycles. The molecule has 0 spiro atoms. The molecule has 2 fully saturated rings. The van der Waals surface area contributed by atoms with Crippen molar-refractivity contribution >= 4 is 17.7 Å². The summed E-state index contributed by atoms with van der Waals surface area (Å²) in [6, 6.07) is -0.931. The number of carbonyl (C=O) groups excluding carboxylic acids is 3. The summed E-state index contributed by atoms with van der Waals surface area (Å²) in [5.74, 6) is -0.129. The van der Waals surface area contributed by atoms with Gasteiger partial charge >= 0.3 is 6.03 Å². The molecular weight excluding hydrogens is 160 g/mol. The van der Waals surface area contributed by atoms with E-state index < -0.39 is 12.1 Å². The topological polar surface area (TPSA) is 75.3 Å². The fourth-order valence-corrected chi connectivity index (χ4v) is 1.53. The molecule has 1 atom stereocenters. The highest BCUT2D eigenvalue weighted by Gasteiger charge is 2.42. The number of hydrogen-bond donors (Lipinski definition) is 2. The van der Waals surface area contributed by atoms with E-state index >= 15 is 0 Å². The lowest BCUT2D eigenvalue weighted by Crippen LogP contribution is -2.43. The van der Waals surface area contributed by atoms with Gasteiger partial charge in [-0.1, -0.05) is 0 Å². The molecule has 1 heterocycles. The van der Waals surface area contributed by atoms with Crippen LogP contribution >= 0.6 is 0 Å². The molecule has 1 saturated heterocycles. The van der Waals surface area contributed by atoms with Gasteiger partial charge in [-0.2, -0.15) is 0 Å². The average molecular weight is 168 g/mol. The number of rotatable bonds is 1. The van der Waals surface area contributed by atoms with Gasteiger partial charge in [-0.15, -0.1) is 0 Å². The minimum Gasteiger partial charge on any atom is -0.326 e. The van der Waals surface area contributed by atoms with E-state index in [-0.39, 0.29) is 17.6 Å². The molecule has 1 unspecified atom stereocenters. The van der Waals surface area contributed by atoms with E-state index in [4.69, 9.17) is 0 Å². The molecule has 64 valence electrons. The Balaban J connectivity index is 2.01. The lowest BCUT2D eigenvalue weighted by atomic mass is 9.78. The maximum atomic E-state index is 11.0. The van der Waals surface area contributed by atoms with E-state index in [0.717, 1.165) is 0 Å². The average Bonchev–Trinajstić information content (AvgIpc) is 2.23. The third kappa shape index (κ3) is 0.975. The molecule has 5 nitrogen and oxygen atoms in total. The molecular formula is C7H8N2O3. The quantitative estimate of drug-likeness (QED) is 0.502. The van der Waals surface area contributed by atoms with Crippen molar-refractivity contribution in [3.05, 3.63) is 0 Å². The monoisotopic (exact) mass is 168 g/mol. The fourth-order valence-electron chi connectivity index (χ4n) is 1.53. The van der Waals surface area contributed by atoms with Crippen LogP contribution in [0.1, 0.15) is 12.8 Å². The number of urea groups is 1. The molecule has 3 amide bonds. The van der Waals surface area contributed by atoms with Crippen molar-refractivity contribution in [1.82, 2.24) is 10.6 Å². The highest BCUT2D eigenvalue weighted by Crippen LogP contribution is 2.27. The van der Waals surface area contributed by atoms with E-state index in [1.807, 2.05) is 0 Å². The van der Waals surface area contributed by atoms with Crippen molar-refractivity contribution in [2.45, 2.75) is 18.9 Å². The zero-order chi connectivity index (χ0) is 8.72. The summed E-state index contributed by atoms with van der Waals surface area (Å²) in [6.45, 7) is 0. The van der Waals surface area contributed by atoms with Crippen LogP contribution in [0.15, 0.2) is 0 Å². The molecule has 2 aliphatic rings. The Morgan fingerprint density at radius 1 is 1.17 bits per heavy atom. The first-order valence-corrected chi connectivity index (χ1v) is 3.80. The van der Waals surface area contributed by atoms with Gasteiger partial charge in [0.05, 0.1) is 0 Å². The zero-order valence-corrected chi connectivity index (χ0v) is 6.29. The first-order valence-electron chi connectivity index (χ1n) is 3.80. The molecule has 0 aromatic rings. The normalized spacial score (nSPS) is 29.7. The van der Waals surface area contributed by atoms with Gasteiger partial charge in [-0.25, -0.2) is 4.79 Å². The number of amides is 3. The summed E-state index contributed by atoms with van der Waals surface area (Å²) >= 11 is 0. The van der Waals surface area contributed by atoms with E-state index in [1.165, 1.54) is 0 Å². The van der Waals surface area contributed by atoms with Crippen LogP contribution in [-0.2, 0) is 9.59 Å². The molecule has 2 N–H and O–H groups in total. The lowest BCUT2D eigenvalue weighted by molar-refractivity contribution is -0.130. The standard InChI is InChI=1S/C7H8N2O3/c10-4-1-3(2-4)5-6(11)9-7(12)8-5/h3,5H,1-2H2,(H2,8,9,11,12). The van der Waals surface area contributed by atoms with Gasteiger partial charge in [0.2, 0.25) is 0 Å². The van der Waals surface area contributed by atoms with Crippen molar-refractivity contribution in [2.75, 3.05) is 0 Å². The second-order valence-electron chi connectivity index (χ2n) is 3.15. The van der Waals surface area contributed by atoms with Crippen molar-refractivity contribution < 1.29 is 14.4 Å². The molecule has 5 heteroatoms. The molecule has 1 aliphatic carbocycles. The van der Waals surface area contributed by atoms with Crippen LogP contribution in [-0.4, -0.2) is 23.8 Å². The molecule has 0 bridgehead atoms. The number of hydrogen-bond acceptors (Lipinski definition) is 3. The SMILES string of the molecule is O=C1CC(C2NC(=O)NC2=O)C1. The van der Waals surface area contributed by atoms with E-state index in [1.54, 1.807) is 0 Å². The van der Waals surface area contributed by atoms with Crippen LogP contribution in [0.2, 0.25) is 0 Å². The van der Waals surface area contributed by atoms with Gasteiger partial charge in [0.15, 0.2) is 0 Å². The van der Waals surface area contributed by atoms with Crippen LogP contribution < -0.4 is 10.6 Å². The molecule has 2 rings (SSSR count). The summed E-state index contributed by atoms with van der Waals surface area (Å²) in [5.41, 5.74) is 0. The Morgan fingerprint density at radius 3 is 2.25 bits per heavy atom. The molecule has 0 radical (unpaired) electrons. The van der Waals surface area contributed by atoms with Gasteiger partial charge in [-0.05, 0) is 0 Å². The molecule has 1 aliphatic heterocycles. The van der Waals surface area contributed by atoms with Crippen molar-refractivity contribution in [3.63, 3.8) is 0 Å². The van der Waals surface area contributed by atoms with E-state index in [2.05, 4.69) is 10.6 Å². The third-order valence-electron chi connectivity index (χ3n) is 2.26. The Hall–Kier alpha value is -1.39. The minimum atomic E-state index is -0.477. The summed E-state index contributed by atoms with van der Waals surface area (Å²) in [6.07, 6.45) is 0.830. The van der Waals surface area contributed by atoms with Crippen LogP contribution in [0, 0.1) is 5.92 Å². The molecule has 12 heavy (non-hydrogen) atoms.